The Hall–Kier alpha value is -5.60. The number of nitrogens with zero attached hydrogens (tertiary/aromatic N) is 2. The molecule has 0 amide bonds. The summed E-state index contributed by atoms with van der Waals surface area (Å²) in [4.78, 5) is 10.2. The molecule has 2 heterocycles. The van der Waals surface area contributed by atoms with Crippen LogP contribution in [-0.4, -0.2) is 9.97 Å². The third-order valence-corrected chi connectivity index (χ3v) is 8.70. The maximum absolute atomic E-state index is 5.10. The van der Waals surface area contributed by atoms with E-state index >= 15 is 0 Å². The summed E-state index contributed by atoms with van der Waals surface area (Å²) >= 11 is 0. The van der Waals surface area contributed by atoms with Crippen LogP contribution in [-0.2, 0) is 0 Å². The second-order valence-electron chi connectivity index (χ2n) is 10.9. The topological polar surface area (TPSA) is 25.8 Å². The van der Waals surface area contributed by atoms with Crippen molar-refractivity contribution in [3.8, 4) is 22.3 Å². The summed E-state index contributed by atoms with van der Waals surface area (Å²) in [6.45, 7) is 0. The summed E-state index contributed by atoms with van der Waals surface area (Å²) in [6.07, 6.45) is 3.83. The van der Waals surface area contributed by atoms with Crippen LogP contribution in [0.5, 0.6) is 0 Å². The fourth-order valence-corrected chi connectivity index (χ4v) is 6.94. The molecule has 0 aliphatic carbocycles. The largest absolute Gasteiger partial charge is 0.256 e. The molecule has 0 saturated heterocycles. The van der Waals surface area contributed by atoms with Crippen molar-refractivity contribution in [2.75, 3.05) is 0 Å². The third-order valence-electron chi connectivity index (χ3n) is 8.70. The smallest absolute Gasteiger partial charge is 0.0794 e. The first-order valence-electron chi connectivity index (χ1n) is 14.3. The van der Waals surface area contributed by atoms with Crippen LogP contribution in [0.15, 0.2) is 146 Å². The lowest BCUT2D eigenvalue weighted by atomic mass is 9.85. The van der Waals surface area contributed by atoms with Gasteiger partial charge < -0.3 is 0 Å². The third kappa shape index (κ3) is 3.27. The Morgan fingerprint density at radius 2 is 0.667 bits per heavy atom. The van der Waals surface area contributed by atoms with Gasteiger partial charge in [0.15, 0.2) is 0 Å². The number of hydrogen-bond donors (Lipinski definition) is 0. The van der Waals surface area contributed by atoms with Gasteiger partial charge >= 0.3 is 0 Å². The number of pyridine rings is 2. The monoisotopic (exact) mass is 532 g/mol. The summed E-state index contributed by atoms with van der Waals surface area (Å²) in [6, 6.07) is 47.9. The van der Waals surface area contributed by atoms with E-state index in [4.69, 9.17) is 9.97 Å². The first kappa shape index (κ1) is 23.1. The van der Waals surface area contributed by atoms with Gasteiger partial charge in [-0.1, -0.05) is 109 Å². The van der Waals surface area contributed by atoms with Crippen LogP contribution >= 0.6 is 0 Å². The van der Waals surface area contributed by atoms with E-state index in [9.17, 15) is 0 Å². The van der Waals surface area contributed by atoms with Crippen molar-refractivity contribution in [1.82, 2.24) is 9.97 Å². The molecule has 2 aromatic heterocycles. The SMILES string of the molecule is c1ccc2c(c1)cc(-c1c3cccnc3c(-c3cc4ccccc4c4ccccc34)c3cccnc13)c1ccccc12. The van der Waals surface area contributed by atoms with Gasteiger partial charge in [0.25, 0.3) is 0 Å². The molecule has 0 bridgehead atoms. The number of hydrogen-bond acceptors (Lipinski definition) is 2. The molecule has 0 fully saturated rings. The summed E-state index contributed by atoms with van der Waals surface area (Å²) in [5.74, 6) is 0. The van der Waals surface area contributed by atoms with Crippen LogP contribution in [0.2, 0.25) is 0 Å². The molecule has 42 heavy (non-hydrogen) atoms. The van der Waals surface area contributed by atoms with Crippen molar-refractivity contribution in [1.29, 1.82) is 0 Å². The fourth-order valence-electron chi connectivity index (χ4n) is 6.94. The summed E-state index contributed by atoms with van der Waals surface area (Å²) < 4.78 is 0. The Labute approximate surface area is 242 Å². The minimum absolute atomic E-state index is 0.991. The first-order chi connectivity index (χ1) is 20.9. The number of benzene rings is 7. The second kappa shape index (κ2) is 8.95. The zero-order chi connectivity index (χ0) is 27.6. The Kier molecular flexibility index (Phi) is 4.93. The Bertz CT molecular complexity index is 2290. The maximum atomic E-state index is 5.10. The van der Waals surface area contributed by atoms with Crippen molar-refractivity contribution in [3.63, 3.8) is 0 Å². The number of aromatic nitrogens is 2. The highest BCUT2D eigenvalue weighted by atomic mass is 14.7. The van der Waals surface area contributed by atoms with Crippen molar-refractivity contribution in [3.05, 3.63) is 146 Å². The molecule has 7 aromatic carbocycles. The number of rotatable bonds is 2. The van der Waals surface area contributed by atoms with Crippen LogP contribution in [0.3, 0.4) is 0 Å². The lowest BCUT2D eigenvalue weighted by Gasteiger charge is -2.19. The van der Waals surface area contributed by atoms with E-state index in [2.05, 4.69) is 121 Å². The predicted molar refractivity (Wildman–Crippen MR) is 178 cm³/mol. The maximum Gasteiger partial charge on any atom is 0.0794 e. The summed E-state index contributed by atoms with van der Waals surface area (Å²) in [7, 11) is 0. The molecule has 0 atom stereocenters. The second-order valence-corrected chi connectivity index (χ2v) is 10.9. The van der Waals surface area contributed by atoms with E-state index in [1.54, 1.807) is 0 Å². The van der Waals surface area contributed by atoms with Gasteiger partial charge in [0.2, 0.25) is 0 Å². The van der Waals surface area contributed by atoms with Crippen LogP contribution in [0.1, 0.15) is 0 Å². The van der Waals surface area contributed by atoms with Gasteiger partial charge in [-0.15, -0.1) is 0 Å². The molecule has 194 valence electrons. The zero-order valence-corrected chi connectivity index (χ0v) is 22.8. The molecular weight excluding hydrogens is 508 g/mol. The molecule has 0 unspecified atom stereocenters. The molecular formula is C40H24N2. The average Bonchev–Trinajstić information content (AvgIpc) is 3.06. The van der Waals surface area contributed by atoms with E-state index in [1.165, 1.54) is 54.2 Å². The number of fused-ring (bicyclic) bond motifs is 8. The van der Waals surface area contributed by atoms with E-state index in [1.807, 2.05) is 24.5 Å². The Balaban J connectivity index is 1.49. The molecule has 2 nitrogen and oxygen atoms in total. The predicted octanol–water partition coefficient (Wildman–Crippen LogP) is 10.7. The van der Waals surface area contributed by atoms with Gasteiger partial charge in [-0.05, 0) is 78.5 Å². The van der Waals surface area contributed by atoms with E-state index in [0.29, 0.717) is 0 Å². The van der Waals surface area contributed by atoms with Gasteiger partial charge in [-0.25, -0.2) is 0 Å². The first-order valence-corrected chi connectivity index (χ1v) is 14.3. The highest BCUT2D eigenvalue weighted by Crippen LogP contribution is 2.47. The lowest BCUT2D eigenvalue weighted by molar-refractivity contribution is 1.39. The molecule has 0 saturated carbocycles. The quantitative estimate of drug-likeness (QED) is 0.163. The minimum Gasteiger partial charge on any atom is -0.256 e. The van der Waals surface area contributed by atoms with Crippen molar-refractivity contribution < 1.29 is 0 Å². The highest BCUT2D eigenvalue weighted by molar-refractivity contribution is 6.26. The lowest BCUT2D eigenvalue weighted by Crippen LogP contribution is -1.96. The Morgan fingerprint density at radius 3 is 1.12 bits per heavy atom. The van der Waals surface area contributed by atoms with Gasteiger partial charge in [-0.3, -0.25) is 9.97 Å². The molecule has 0 radical (unpaired) electrons. The van der Waals surface area contributed by atoms with E-state index in [-0.39, 0.29) is 0 Å². The Morgan fingerprint density at radius 1 is 0.310 bits per heavy atom. The molecule has 2 heteroatoms. The normalized spacial score (nSPS) is 11.8. The molecule has 9 rings (SSSR count). The molecule has 0 aliphatic heterocycles. The van der Waals surface area contributed by atoms with E-state index < -0.39 is 0 Å². The standard InChI is InChI=1S/C40H24N2/c1-3-13-27-25(11-1)23-35(31-17-7-5-15-29(27)31)37-33-19-9-22-42-40(33)38(34-20-10-21-41-39(34)37)36-24-26-12-2-4-14-28(26)30-16-6-8-18-32(30)36/h1-24H. The fraction of sp³-hybridized carbons (Fsp3) is 0. The van der Waals surface area contributed by atoms with Crippen molar-refractivity contribution >= 4 is 64.9 Å². The summed E-state index contributed by atoms with van der Waals surface area (Å²) in [5, 5.41) is 12.1. The van der Waals surface area contributed by atoms with E-state index in [0.717, 1.165) is 32.9 Å². The van der Waals surface area contributed by atoms with Gasteiger partial charge in [-0.2, -0.15) is 0 Å². The molecule has 0 N–H and O–H groups in total. The van der Waals surface area contributed by atoms with Gasteiger partial charge in [0.1, 0.15) is 0 Å². The molecule has 9 aromatic rings. The van der Waals surface area contributed by atoms with Crippen LogP contribution in [0, 0.1) is 0 Å². The average molecular weight is 533 g/mol. The van der Waals surface area contributed by atoms with Gasteiger partial charge in [0, 0.05) is 34.3 Å². The summed E-state index contributed by atoms with van der Waals surface area (Å²) in [5.41, 5.74) is 6.60. The van der Waals surface area contributed by atoms with Crippen LogP contribution < -0.4 is 0 Å². The highest BCUT2D eigenvalue weighted by Gasteiger charge is 2.22. The van der Waals surface area contributed by atoms with Crippen molar-refractivity contribution in [2.45, 2.75) is 0 Å². The van der Waals surface area contributed by atoms with Gasteiger partial charge in [0.05, 0.1) is 11.0 Å². The minimum atomic E-state index is 0.991. The van der Waals surface area contributed by atoms with Crippen LogP contribution in [0.25, 0.3) is 87.1 Å². The van der Waals surface area contributed by atoms with Crippen LogP contribution in [0.4, 0.5) is 0 Å². The van der Waals surface area contributed by atoms with Crippen molar-refractivity contribution in [2.24, 2.45) is 0 Å². The molecule has 0 spiro atoms. The zero-order valence-electron chi connectivity index (χ0n) is 22.8. The molecule has 0 aliphatic rings.